The Bertz CT molecular complexity index is 699. The molecule has 0 bridgehead atoms. The van der Waals surface area contributed by atoms with E-state index in [1.54, 1.807) is 0 Å². The van der Waals surface area contributed by atoms with E-state index in [-0.39, 0.29) is 17.7 Å². The van der Waals surface area contributed by atoms with Crippen molar-refractivity contribution in [2.75, 3.05) is 17.2 Å². The van der Waals surface area contributed by atoms with E-state index in [0.29, 0.717) is 16.8 Å². The van der Waals surface area contributed by atoms with Gasteiger partial charge in [0.2, 0.25) is 5.91 Å². The second-order valence-corrected chi connectivity index (χ2v) is 6.36. The molecule has 0 aliphatic rings. The highest BCUT2D eigenvalue weighted by molar-refractivity contribution is 7.99. The number of carbonyl (C=O) groups excluding carboxylic acids is 1. The van der Waals surface area contributed by atoms with Gasteiger partial charge in [-0.15, -0.1) is 0 Å². The summed E-state index contributed by atoms with van der Waals surface area (Å²) in [7, 11) is 0. The molecule has 0 aliphatic heterocycles. The lowest BCUT2D eigenvalue weighted by atomic mass is 10.0. The summed E-state index contributed by atoms with van der Waals surface area (Å²) in [6, 6.07) is 7.60. The van der Waals surface area contributed by atoms with Crippen molar-refractivity contribution in [2.24, 2.45) is 0 Å². The van der Waals surface area contributed by atoms with Crippen molar-refractivity contribution in [1.29, 1.82) is 0 Å². The van der Waals surface area contributed by atoms with Crippen molar-refractivity contribution in [1.82, 2.24) is 15.3 Å². The summed E-state index contributed by atoms with van der Waals surface area (Å²) in [5.41, 5.74) is 14.7. The van der Waals surface area contributed by atoms with Gasteiger partial charge in [-0.05, 0) is 37.5 Å². The Labute approximate surface area is 140 Å². The number of nitrogens with two attached hydrogens (primary N) is 2. The van der Waals surface area contributed by atoms with Crippen LogP contribution in [-0.2, 0) is 4.79 Å². The smallest absolute Gasteiger partial charge is 0.230 e. The van der Waals surface area contributed by atoms with E-state index in [9.17, 15) is 4.79 Å². The molecule has 2 rings (SSSR count). The molecule has 7 heteroatoms. The second-order valence-electron chi connectivity index (χ2n) is 5.42. The van der Waals surface area contributed by atoms with Gasteiger partial charge in [0.1, 0.15) is 11.6 Å². The maximum atomic E-state index is 12.1. The summed E-state index contributed by atoms with van der Waals surface area (Å²) in [4.78, 5) is 20.1. The Morgan fingerprint density at radius 3 is 2.43 bits per heavy atom. The fourth-order valence-corrected chi connectivity index (χ4v) is 2.74. The first-order valence-electron chi connectivity index (χ1n) is 7.24. The first-order chi connectivity index (χ1) is 10.8. The minimum absolute atomic E-state index is 0.0609. The summed E-state index contributed by atoms with van der Waals surface area (Å²) in [5, 5.41) is 3.36. The average Bonchev–Trinajstić information content (AvgIpc) is 2.47. The Morgan fingerprint density at radius 2 is 1.83 bits per heavy atom. The van der Waals surface area contributed by atoms with E-state index < -0.39 is 0 Å². The molecular weight excluding hydrogens is 310 g/mol. The topological polar surface area (TPSA) is 107 Å². The molecule has 0 aliphatic carbocycles. The van der Waals surface area contributed by atoms with Crippen LogP contribution >= 0.6 is 11.8 Å². The standard InChI is InChI=1S/C16H21N5OS/c1-9-4-5-12(6-10(9)2)11(3)19-15(22)8-23-16-20-13(17)7-14(18)21-16/h4-7,11H,8H2,1-3H3,(H,19,22)(H4,17,18,20,21). The normalized spacial score (nSPS) is 12.0. The number of hydrogen-bond acceptors (Lipinski definition) is 6. The summed E-state index contributed by atoms with van der Waals surface area (Å²) >= 11 is 1.21. The third-order valence-electron chi connectivity index (χ3n) is 3.49. The van der Waals surface area contributed by atoms with Crippen LogP contribution < -0.4 is 16.8 Å². The van der Waals surface area contributed by atoms with Crippen LogP contribution in [0.1, 0.15) is 29.7 Å². The van der Waals surface area contributed by atoms with Crippen LogP contribution in [0.25, 0.3) is 0 Å². The Balaban J connectivity index is 1.92. The van der Waals surface area contributed by atoms with Gasteiger partial charge in [-0.2, -0.15) is 0 Å². The summed E-state index contributed by atoms with van der Waals surface area (Å²) < 4.78 is 0. The van der Waals surface area contributed by atoms with Crippen molar-refractivity contribution < 1.29 is 4.79 Å². The number of thioether (sulfide) groups is 1. The second kappa shape index (κ2) is 7.32. The summed E-state index contributed by atoms with van der Waals surface area (Å²) in [6.45, 7) is 6.09. The van der Waals surface area contributed by atoms with Gasteiger partial charge in [0.25, 0.3) is 0 Å². The van der Waals surface area contributed by atoms with E-state index >= 15 is 0 Å². The van der Waals surface area contributed by atoms with Crippen LogP contribution in [0.4, 0.5) is 11.6 Å². The van der Waals surface area contributed by atoms with Gasteiger partial charge in [-0.3, -0.25) is 4.79 Å². The molecule has 23 heavy (non-hydrogen) atoms. The molecule has 0 saturated heterocycles. The number of nitrogens with zero attached hydrogens (tertiary/aromatic N) is 2. The van der Waals surface area contributed by atoms with Gasteiger partial charge >= 0.3 is 0 Å². The number of benzene rings is 1. The van der Waals surface area contributed by atoms with Crippen LogP contribution in [0.3, 0.4) is 0 Å². The minimum Gasteiger partial charge on any atom is -0.383 e. The van der Waals surface area contributed by atoms with Gasteiger partial charge in [0.05, 0.1) is 11.8 Å². The van der Waals surface area contributed by atoms with E-state index in [1.807, 2.05) is 13.0 Å². The number of anilines is 2. The predicted molar refractivity (Wildman–Crippen MR) is 94.1 cm³/mol. The quantitative estimate of drug-likeness (QED) is 0.573. The molecule has 1 aromatic heterocycles. The fourth-order valence-electron chi connectivity index (χ4n) is 2.06. The molecule has 122 valence electrons. The van der Waals surface area contributed by atoms with Crippen molar-refractivity contribution in [3.63, 3.8) is 0 Å². The highest BCUT2D eigenvalue weighted by Crippen LogP contribution is 2.19. The molecule has 0 fully saturated rings. The van der Waals surface area contributed by atoms with Crippen LogP contribution in [0.15, 0.2) is 29.4 Å². The van der Waals surface area contributed by atoms with Gasteiger partial charge in [-0.25, -0.2) is 9.97 Å². The molecule has 1 amide bonds. The van der Waals surface area contributed by atoms with Crippen molar-refractivity contribution >= 4 is 29.3 Å². The fraction of sp³-hybridized carbons (Fsp3) is 0.312. The lowest BCUT2D eigenvalue weighted by Gasteiger charge is -2.15. The lowest BCUT2D eigenvalue weighted by Crippen LogP contribution is -2.28. The molecule has 2 aromatic rings. The SMILES string of the molecule is Cc1ccc(C(C)NC(=O)CSc2nc(N)cc(N)n2)cc1C. The molecule has 1 aromatic carbocycles. The van der Waals surface area contributed by atoms with Crippen molar-refractivity contribution in [3.05, 3.63) is 41.0 Å². The largest absolute Gasteiger partial charge is 0.383 e. The molecule has 6 nitrogen and oxygen atoms in total. The van der Waals surface area contributed by atoms with E-state index in [0.717, 1.165) is 5.56 Å². The third-order valence-corrected chi connectivity index (χ3v) is 4.33. The number of hydrogen-bond donors (Lipinski definition) is 3. The molecule has 1 unspecified atom stereocenters. The number of nitrogens with one attached hydrogen (secondary N) is 1. The number of nitrogen functional groups attached to an aromatic ring is 2. The number of aryl methyl sites for hydroxylation is 2. The number of carbonyl (C=O) groups is 1. The molecule has 0 saturated carbocycles. The van der Waals surface area contributed by atoms with E-state index in [4.69, 9.17) is 11.5 Å². The lowest BCUT2D eigenvalue weighted by molar-refractivity contribution is -0.119. The van der Waals surface area contributed by atoms with Crippen molar-refractivity contribution in [2.45, 2.75) is 32.0 Å². The predicted octanol–water partition coefficient (Wildman–Crippen LogP) is 2.23. The molecular formula is C16H21N5OS. The number of aromatic nitrogens is 2. The first-order valence-corrected chi connectivity index (χ1v) is 8.23. The number of amides is 1. The van der Waals surface area contributed by atoms with Gasteiger partial charge < -0.3 is 16.8 Å². The highest BCUT2D eigenvalue weighted by Gasteiger charge is 2.12. The molecule has 1 heterocycles. The average molecular weight is 331 g/mol. The third kappa shape index (κ3) is 4.85. The van der Waals surface area contributed by atoms with Crippen LogP contribution in [0, 0.1) is 13.8 Å². The first kappa shape index (κ1) is 17.1. The van der Waals surface area contributed by atoms with E-state index in [1.165, 1.54) is 29.0 Å². The van der Waals surface area contributed by atoms with Crippen LogP contribution in [0.2, 0.25) is 0 Å². The molecule has 5 N–H and O–H groups in total. The molecule has 1 atom stereocenters. The van der Waals surface area contributed by atoms with Gasteiger partial charge in [-0.1, -0.05) is 30.0 Å². The van der Waals surface area contributed by atoms with Gasteiger partial charge in [0, 0.05) is 6.07 Å². The zero-order valence-electron chi connectivity index (χ0n) is 13.5. The molecule has 0 radical (unpaired) electrons. The van der Waals surface area contributed by atoms with Crippen molar-refractivity contribution in [3.8, 4) is 0 Å². The molecule has 0 spiro atoms. The zero-order chi connectivity index (χ0) is 17.0. The minimum atomic E-state index is -0.0923. The summed E-state index contributed by atoms with van der Waals surface area (Å²) in [6.07, 6.45) is 0. The Hall–Kier alpha value is -2.28. The Kier molecular flexibility index (Phi) is 5.44. The maximum Gasteiger partial charge on any atom is 0.230 e. The monoisotopic (exact) mass is 331 g/mol. The van der Waals surface area contributed by atoms with Gasteiger partial charge in [0.15, 0.2) is 5.16 Å². The van der Waals surface area contributed by atoms with Crippen LogP contribution in [-0.4, -0.2) is 21.6 Å². The maximum absolute atomic E-state index is 12.1. The van der Waals surface area contributed by atoms with Crippen LogP contribution in [0.5, 0.6) is 0 Å². The Morgan fingerprint density at radius 1 is 1.17 bits per heavy atom. The summed E-state index contributed by atoms with van der Waals surface area (Å²) in [5.74, 6) is 0.705. The van der Waals surface area contributed by atoms with E-state index in [2.05, 4.69) is 41.3 Å². The zero-order valence-corrected chi connectivity index (χ0v) is 14.3. The highest BCUT2D eigenvalue weighted by atomic mass is 32.2. The number of rotatable bonds is 5.